The number of fused-ring (bicyclic) bond motifs is 5. The van der Waals surface area contributed by atoms with Crippen molar-refractivity contribution >= 4 is 76.4 Å². The standard InChI is InChI=1S/C58H40N2S/c1-5-16-41(17-6-1)44-28-33-49(34-29-44)59(51-26-15-23-47(38-51)43-20-9-3-10-21-43)52-39-55-54-37-32-46-22-13-14-27-53(46)57(54)61-58(55)56(40-52)60(48-24-11-4-12-25-48)50-35-30-45(31-36-50)42-18-7-2-8-19-42/h1-40H. The molecule has 0 radical (unpaired) electrons. The van der Waals surface area contributed by atoms with Crippen LogP contribution in [0.1, 0.15) is 0 Å². The summed E-state index contributed by atoms with van der Waals surface area (Å²) >= 11 is 1.89. The first-order valence-corrected chi connectivity index (χ1v) is 21.6. The molecule has 0 fully saturated rings. The fourth-order valence-electron chi connectivity index (χ4n) is 8.64. The summed E-state index contributed by atoms with van der Waals surface area (Å²) in [5.74, 6) is 0. The molecule has 0 N–H and O–H groups in total. The molecule has 61 heavy (non-hydrogen) atoms. The van der Waals surface area contributed by atoms with Crippen LogP contribution < -0.4 is 9.80 Å². The topological polar surface area (TPSA) is 6.48 Å². The molecule has 0 saturated heterocycles. The lowest BCUT2D eigenvalue weighted by Gasteiger charge is -2.30. The van der Waals surface area contributed by atoms with Crippen LogP contribution in [0, 0.1) is 0 Å². The molecule has 0 unspecified atom stereocenters. The number of rotatable bonds is 9. The van der Waals surface area contributed by atoms with Crippen molar-refractivity contribution in [2.75, 3.05) is 9.80 Å². The second-order valence-electron chi connectivity index (χ2n) is 15.4. The number of hydrogen-bond acceptors (Lipinski definition) is 3. The van der Waals surface area contributed by atoms with Gasteiger partial charge in [-0.2, -0.15) is 0 Å². The Bertz CT molecular complexity index is 3270. The Morgan fingerprint density at radius 3 is 1.34 bits per heavy atom. The van der Waals surface area contributed by atoms with E-state index in [4.69, 9.17) is 0 Å². The van der Waals surface area contributed by atoms with Crippen molar-refractivity contribution < 1.29 is 0 Å². The lowest BCUT2D eigenvalue weighted by atomic mass is 10.0. The Morgan fingerprint density at radius 1 is 0.246 bits per heavy atom. The largest absolute Gasteiger partial charge is 0.310 e. The number of para-hydroxylation sites is 1. The van der Waals surface area contributed by atoms with E-state index in [1.807, 2.05) is 11.3 Å². The first kappa shape index (κ1) is 36.4. The SMILES string of the molecule is c1ccc(-c2ccc(N(c3cccc(-c4ccccc4)c3)c3cc(N(c4ccccc4)c4ccc(-c5ccccc5)cc4)c4sc5c6ccccc6ccc5c4c3)cc2)cc1. The van der Waals surface area contributed by atoms with E-state index in [0.29, 0.717) is 0 Å². The van der Waals surface area contributed by atoms with Crippen LogP contribution in [-0.2, 0) is 0 Å². The van der Waals surface area contributed by atoms with E-state index >= 15 is 0 Å². The maximum atomic E-state index is 2.44. The quantitative estimate of drug-likeness (QED) is 0.144. The Balaban J connectivity index is 1.18. The summed E-state index contributed by atoms with van der Waals surface area (Å²) in [6, 6.07) is 87.9. The zero-order valence-electron chi connectivity index (χ0n) is 33.4. The van der Waals surface area contributed by atoms with E-state index in [0.717, 1.165) is 34.1 Å². The molecule has 1 heterocycles. The number of nitrogens with zero attached hydrogens (tertiary/aromatic N) is 2. The lowest BCUT2D eigenvalue weighted by Crippen LogP contribution is -2.13. The second kappa shape index (κ2) is 15.8. The zero-order valence-corrected chi connectivity index (χ0v) is 34.2. The molecule has 0 spiro atoms. The molecule has 0 atom stereocenters. The van der Waals surface area contributed by atoms with Gasteiger partial charge in [0.05, 0.1) is 10.4 Å². The third-order valence-electron chi connectivity index (χ3n) is 11.6. The van der Waals surface area contributed by atoms with Crippen LogP contribution >= 0.6 is 11.3 Å². The minimum absolute atomic E-state index is 1.08. The van der Waals surface area contributed by atoms with Gasteiger partial charge in [0.1, 0.15) is 0 Å². The van der Waals surface area contributed by atoms with Gasteiger partial charge < -0.3 is 9.80 Å². The van der Waals surface area contributed by atoms with E-state index in [1.165, 1.54) is 64.3 Å². The monoisotopic (exact) mass is 796 g/mol. The van der Waals surface area contributed by atoms with Crippen LogP contribution in [0.4, 0.5) is 34.1 Å². The van der Waals surface area contributed by atoms with Gasteiger partial charge in [0.2, 0.25) is 0 Å². The first-order chi connectivity index (χ1) is 30.2. The van der Waals surface area contributed by atoms with Crippen LogP contribution in [0.25, 0.3) is 64.3 Å². The average molecular weight is 797 g/mol. The number of benzene rings is 10. The smallest absolute Gasteiger partial charge is 0.0661 e. The molecule has 0 aliphatic heterocycles. The summed E-state index contributed by atoms with van der Waals surface area (Å²) in [6.07, 6.45) is 0. The summed E-state index contributed by atoms with van der Waals surface area (Å²) in [5.41, 5.74) is 13.7. The van der Waals surface area contributed by atoms with E-state index in [2.05, 4.69) is 252 Å². The van der Waals surface area contributed by atoms with Crippen molar-refractivity contribution in [3.63, 3.8) is 0 Å². The van der Waals surface area contributed by atoms with Gasteiger partial charge in [-0.25, -0.2) is 0 Å². The number of thiophene rings is 1. The maximum Gasteiger partial charge on any atom is 0.0661 e. The van der Waals surface area contributed by atoms with E-state index < -0.39 is 0 Å². The van der Waals surface area contributed by atoms with E-state index in [9.17, 15) is 0 Å². The highest BCUT2D eigenvalue weighted by atomic mass is 32.1. The molecule has 288 valence electrons. The fraction of sp³-hybridized carbons (Fsp3) is 0. The van der Waals surface area contributed by atoms with Crippen molar-refractivity contribution in [1.82, 2.24) is 0 Å². The summed E-state index contributed by atoms with van der Waals surface area (Å²) in [7, 11) is 0. The van der Waals surface area contributed by atoms with Gasteiger partial charge in [0.25, 0.3) is 0 Å². The Morgan fingerprint density at radius 2 is 0.721 bits per heavy atom. The molecule has 0 amide bonds. The first-order valence-electron chi connectivity index (χ1n) is 20.7. The predicted molar refractivity (Wildman–Crippen MR) is 263 cm³/mol. The van der Waals surface area contributed by atoms with Gasteiger partial charge in [-0.1, -0.05) is 182 Å². The zero-order chi connectivity index (χ0) is 40.5. The van der Waals surface area contributed by atoms with Crippen LogP contribution in [0.3, 0.4) is 0 Å². The molecule has 0 saturated carbocycles. The van der Waals surface area contributed by atoms with Crippen LogP contribution in [0.2, 0.25) is 0 Å². The highest BCUT2D eigenvalue weighted by Crippen LogP contribution is 2.50. The van der Waals surface area contributed by atoms with Crippen molar-refractivity contribution in [3.8, 4) is 33.4 Å². The van der Waals surface area contributed by atoms with Gasteiger partial charge in [0, 0.05) is 43.9 Å². The van der Waals surface area contributed by atoms with Gasteiger partial charge in [-0.15, -0.1) is 11.3 Å². The molecule has 0 bridgehead atoms. The van der Waals surface area contributed by atoms with Crippen LogP contribution in [0.5, 0.6) is 0 Å². The van der Waals surface area contributed by atoms with E-state index in [1.54, 1.807) is 0 Å². The third-order valence-corrected chi connectivity index (χ3v) is 12.9. The molecular weight excluding hydrogens is 757 g/mol. The van der Waals surface area contributed by atoms with E-state index in [-0.39, 0.29) is 0 Å². The molecule has 11 rings (SSSR count). The maximum absolute atomic E-state index is 2.44. The second-order valence-corrected chi connectivity index (χ2v) is 16.4. The Labute approximate surface area is 360 Å². The molecule has 10 aromatic carbocycles. The summed E-state index contributed by atoms with van der Waals surface area (Å²) in [5, 5.41) is 5.01. The summed E-state index contributed by atoms with van der Waals surface area (Å²) < 4.78 is 2.53. The van der Waals surface area contributed by atoms with Crippen molar-refractivity contribution in [2.45, 2.75) is 0 Å². The number of hydrogen-bond donors (Lipinski definition) is 0. The molecular formula is C58H40N2S. The van der Waals surface area contributed by atoms with Crippen LogP contribution in [0.15, 0.2) is 243 Å². The molecule has 3 heteroatoms. The van der Waals surface area contributed by atoms with Gasteiger partial charge in [0.15, 0.2) is 0 Å². The highest BCUT2D eigenvalue weighted by molar-refractivity contribution is 7.27. The van der Waals surface area contributed by atoms with Crippen LogP contribution in [-0.4, -0.2) is 0 Å². The third kappa shape index (κ3) is 6.91. The molecule has 0 aliphatic rings. The Kier molecular flexibility index (Phi) is 9.42. The van der Waals surface area contributed by atoms with Crippen molar-refractivity contribution in [1.29, 1.82) is 0 Å². The Hall–Kier alpha value is -7.72. The minimum Gasteiger partial charge on any atom is -0.310 e. The fourth-order valence-corrected chi connectivity index (χ4v) is 9.96. The van der Waals surface area contributed by atoms with Crippen molar-refractivity contribution in [3.05, 3.63) is 243 Å². The summed E-state index contributed by atoms with van der Waals surface area (Å²) in [6.45, 7) is 0. The molecule has 11 aromatic rings. The lowest BCUT2D eigenvalue weighted by molar-refractivity contribution is 1.26. The highest BCUT2D eigenvalue weighted by Gasteiger charge is 2.24. The van der Waals surface area contributed by atoms with Crippen molar-refractivity contribution in [2.24, 2.45) is 0 Å². The van der Waals surface area contributed by atoms with Gasteiger partial charge >= 0.3 is 0 Å². The normalized spacial score (nSPS) is 11.3. The van der Waals surface area contributed by atoms with Gasteiger partial charge in [-0.3, -0.25) is 0 Å². The molecule has 0 aliphatic carbocycles. The molecule has 1 aromatic heterocycles. The van der Waals surface area contributed by atoms with Gasteiger partial charge in [-0.05, 0) is 105 Å². The number of anilines is 6. The average Bonchev–Trinajstić information content (AvgIpc) is 3.73. The predicted octanol–water partition coefficient (Wildman–Crippen LogP) is 17.1. The molecule has 2 nitrogen and oxygen atoms in total. The minimum atomic E-state index is 1.08. The summed E-state index contributed by atoms with van der Waals surface area (Å²) in [4.78, 5) is 4.87.